The molecule has 0 atom stereocenters. The lowest BCUT2D eigenvalue weighted by atomic mass is 9.78. The summed E-state index contributed by atoms with van der Waals surface area (Å²) in [5.74, 6) is 0. The number of nitrogens with zero attached hydrogens (tertiary/aromatic N) is 2. The maximum Gasteiger partial charge on any atom is 0.134 e. The van der Waals surface area contributed by atoms with Gasteiger partial charge in [0.15, 0.2) is 0 Å². The molecule has 0 unspecified atom stereocenters. The number of benzene rings is 4. The van der Waals surface area contributed by atoms with Gasteiger partial charge >= 0.3 is 0 Å². The molecular formula is C27H22N2. The molecule has 0 N–H and O–H groups in total. The SMILES string of the molecule is CN1c2ccccc2C(=Nc2ccccc2)C1(c1ccccc1)c1ccccc1. The summed E-state index contributed by atoms with van der Waals surface area (Å²) >= 11 is 0. The number of likely N-dealkylation sites (N-methyl/N-ethyl adjacent to an activating group) is 1. The molecular weight excluding hydrogens is 352 g/mol. The third-order valence-electron chi connectivity index (χ3n) is 5.75. The summed E-state index contributed by atoms with van der Waals surface area (Å²) in [5.41, 5.74) is 6.30. The first-order chi connectivity index (χ1) is 14.3. The van der Waals surface area contributed by atoms with E-state index >= 15 is 0 Å². The van der Waals surface area contributed by atoms with Crippen LogP contribution in [-0.4, -0.2) is 12.8 Å². The number of anilines is 1. The van der Waals surface area contributed by atoms with E-state index in [9.17, 15) is 0 Å². The van der Waals surface area contributed by atoms with E-state index in [2.05, 4.69) is 109 Å². The predicted octanol–water partition coefficient (Wildman–Crippen LogP) is 6.20. The molecule has 1 aliphatic rings. The first-order valence-corrected chi connectivity index (χ1v) is 9.90. The summed E-state index contributed by atoms with van der Waals surface area (Å²) in [4.78, 5) is 7.60. The Hall–Kier alpha value is -3.65. The molecule has 0 radical (unpaired) electrons. The number of rotatable bonds is 3. The Morgan fingerprint density at radius 1 is 0.586 bits per heavy atom. The molecule has 2 heteroatoms. The summed E-state index contributed by atoms with van der Waals surface area (Å²) in [6.07, 6.45) is 0. The number of hydrogen-bond donors (Lipinski definition) is 0. The maximum absolute atomic E-state index is 5.23. The number of para-hydroxylation sites is 2. The van der Waals surface area contributed by atoms with Gasteiger partial charge in [0, 0.05) is 18.3 Å². The fraction of sp³-hybridized carbons (Fsp3) is 0.0741. The van der Waals surface area contributed by atoms with Crippen molar-refractivity contribution in [2.75, 3.05) is 11.9 Å². The van der Waals surface area contributed by atoms with Gasteiger partial charge in [0.1, 0.15) is 5.54 Å². The molecule has 0 bridgehead atoms. The van der Waals surface area contributed by atoms with Crippen molar-refractivity contribution in [1.82, 2.24) is 0 Å². The molecule has 0 amide bonds. The van der Waals surface area contributed by atoms with E-state index in [0.717, 1.165) is 11.4 Å². The van der Waals surface area contributed by atoms with Crippen molar-refractivity contribution in [2.45, 2.75) is 5.54 Å². The number of aliphatic imine (C=N–C) groups is 1. The molecule has 0 aromatic heterocycles. The van der Waals surface area contributed by atoms with Gasteiger partial charge in [0.25, 0.3) is 0 Å². The molecule has 0 aliphatic carbocycles. The molecule has 140 valence electrons. The summed E-state index contributed by atoms with van der Waals surface area (Å²) in [6.45, 7) is 0. The zero-order valence-electron chi connectivity index (χ0n) is 16.4. The smallest absolute Gasteiger partial charge is 0.134 e. The Morgan fingerprint density at radius 2 is 1.07 bits per heavy atom. The van der Waals surface area contributed by atoms with E-state index < -0.39 is 5.54 Å². The van der Waals surface area contributed by atoms with E-state index in [1.165, 1.54) is 22.4 Å². The van der Waals surface area contributed by atoms with Gasteiger partial charge in [-0.25, -0.2) is 4.99 Å². The Bertz CT molecular complexity index is 1110. The third-order valence-corrected chi connectivity index (χ3v) is 5.75. The van der Waals surface area contributed by atoms with Crippen molar-refractivity contribution in [3.05, 3.63) is 132 Å². The largest absolute Gasteiger partial charge is 0.355 e. The van der Waals surface area contributed by atoms with Gasteiger partial charge in [-0.05, 0) is 29.3 Å². The van der Waals surface area contributed by atoms with Crippen LogP contribution < -0.4 is 4.90 Å². The normalized spacial score (nSPS) is 16.0. The third kappa shape index (κ3) is 2.68. The van der Waals surface area contributed by atoms with Crippen LogP contribution in [0.25, 0.3) is 0 Å². The number of fused-ring (bicyclic) bond motifs is 1. The summed E-state index contributed by atoms with van der Waals surface area (Å²) < 4.78 is 0. The highest BCUT2D eigenvalue weighted by Crippen LogP contribution is 2.49. The molecule has 0 saturated heterocycles. The minimum Gasteiger partial charge on any atom is -0.355 e. The highest BCUT2D eigenvalue weighted by Gasteiger charge is 2.50. The second kappa shape index (κ2) is 7.06. The van der Waals surface area contributed by atoms with Crippen LogP contribution in [0.5, 0.6) is 0 Å². The van der Waals surface area contributed by atoms with E-state index in [4.69, 9.17) is 4.99 Å². The molecule has 2 nitrogen and oxygen atoms in total. The average Bonchev–Trinajstić information content (AvgIpc) is 3.05. The lowest BCUT2D eigenvalue weighted by molar-refractivity contribution is 0.686. The van der Waals surface area contributed by atoms with Gasteiger partial charge in [-0.15, -0.1) is 0 Å². The second-order valence-corrected chi connectivity index (χ2v) is 7.31. The minimum absolute atomic E-state index is 0.498. The number of hydrogen-bond acceptors (Lipinski definition) is 2. The van der Waals surface area contributed by atoms with Crippen molar-refractivity contribution >= 4 is 17.1 Å². The lowest BCUT2D eigenvalue weighted by Crippen LogP contribution is -2.47. The standard InChI is InChI=1S/C27H22N2/c1-29-25-20-12-11-19-24(25)26(28-23-17-9-4-10-18-23)27(29,21-13-5-2-6-14-21)22-15-7-3-8-16-22/h2-20H,1H3. The van der Waals surface area contributed by atoms with Crippen LogP contribution in [0.1, 0.15) is 16.7 Å². The first-order valence-electron chi connectivity index (χ1n) is 9.90. The van der Waals surface area contributed by atoms with Crippen molar-refractivity contribution in [1.29, 1.82) is 0 Å². The monoisotopic (exact) mass is 374 g/mol. The van der Waals surface area contributed by atoms with E-state index in [-0.39, 0.29) is 0 Å². The van der Waals surface area contributed by atoms with Gasteiger partial charge < -0.3 is 4.90 Å². The van der Waals surface area contributed by atoms with E-state index in [0.29, 0.717) is 0 Å². The second-order valence-electron chi connectivity index (χ2n) is 7.31. The van der Waals surface area contributed by atoms with Gasteiger partial charge in [-0.3, -0.25) is 0 Å². The lowest BCUT2D eigenvalue weighted by Gasteiger charge is -2.39. The maximum atomic E-state index is 5.23. The zero-order chi connectivity index (χ0) is 19.7. The summed E-state index contributed by atoms with van der Waals surface area (Å²) in [6, 6.07) is 40.2. The highest BCUT2D eigenvalue weighted by atomic mass is 15.2. The highest BCUT2D eigenvalue weighted by molar-refractivity contribution is 6.20. The quantitative estimate of drug-likeness (QED) is 0.417. The van der Waals surface area contributed by atoms with Gasteiger partial charge in [-0.2, -0.15) is 0 Å². The van der Waals surface area contributed by atoms with Crippen LogP contribution in [0.4, 0.5) is 11.4 Å². The molecule has 1 aliphatic heterocycles. The summed E-state index contributed by atoms with van der Waals surface area (Å²) in [5, 5.41) is 0. The van der Waals surface area contributed by atoms with E-state index in [1.54, 1.807) is 0 Å². The van der Waals surface area contributed by atoms with Gasteiger partial charge in [0.05, 0.1) is 11.4 Å². The van der Waals surface area contributed by atoms with Crippen molar-refractivity contribution in [2.24, 2.45) is 4.99 Å². The zero-order valence-corrected chi connectivity index (χ0v) is 16.4. The van der Waals surface area contributed by atoms with Crippen LogP contribution in [0.3, 0.4) is 0 Å². The van der Waals surface area contributed by atoms with Crippen LogP contribution >= 0.6 is 0 Å². The molecule has 0 spiro atoms. The predicted molar refractivity (Wildman–Crippen MR) is 121 cm³/mol. The first kappa shape index (κ1) is 17.4. The van der Waals surface area contributed by atoms with Crippen LogP contribution in [0, 0.1) is 0 Å². The van der Waals surface area contributed by atoms with E-state index in [1.807, 2.05) is 18.2 Å². The molecule has 4 aromatic rings. The van der Waals surface area contributed by atoms with Crippen molar-refractivity contribution in [3.63, 3.8) is 0 Å². The Morgan fingerprint density at radius 3 is 1.66 bits per heavy atom. The average molecular weight is 374 g/mol. The molecule has 4 aromatic carbocycles. The fourth-order valence-corrected chi connectivity index (χ4v) is 4.46. The van der Waals surface area contributed by atoms with Gasteiger partial charge in [0.2, 0.25) is 0 Å². The van der Waals surface area contributed by atoms with Crippen LogP contribution in [-0.2, 0) is 5.54 Å². The Kier molecular flexibility index (Phi) is 4.25. The van der Waals surface area contributed by atoms with Crippen molar-refractivity contribution < 1.29 is 0 Å². The van der Waals surface area contributed by atoms with Gasteiger partial charge in [-0.1, -0.05) is 97.1 Å². The van der Waals surface area contributed by atoms with Crippen LogP contribution in [0.2, 0.25) is 0 Å². The Balaban J connectivity index is 1.89. The minimum atomic E-state index is -0.498. The molecule has 29 heavy (non-hydrogen) atoms. The molecule has 0 fully saturated rings. The molecule has 5 rings (SSSR count). The van der Waals surface area contributed by atoms with Crippen molar-refractivity contribution in [3.8, 4) is 0 Å². The Labute approximate surface area is 171 Å². The molecule has 1 heterocycles. The van der Waals surface area contributed by atoms with Crippen LogP contribution in [0.15, 0.2) is 120 Å². The summed E-state index contributed by atoms with van der Waals surface area (Å²) in [7, 11) is 2.17. The fourth-order valence-electron chi connectivity index (χ4n) is 4.46. The topological polar surface area (TPSA) is 15.6 Å². The molecule has 0 saturated carbocycles.